The summed E-state index contributed by atoms with van der Waals surface area (Å²) in [6.45, 7) is 0. The molecule has 0 atom stereocenters. The number of aromatic amines is 3. The van der Waals surface area contributed by atoms with E-state index < -0.39 is 5.91 Å². The van der Waals surface area contributed by atoms with Crippen molar-refractivity contribution in [3.63, 3.8) is 0 Å². The molecule has 11 heavy (non-hydrogen) atoms. The molecule has 0 aromatic carbocycles. The molecule has 1 aromatic heterocycles. The first-order valence-electron chi connectivity index (χ1n) is 2.90. The number of nitrogens with zero attached hydrogens (tertiary/aromatic N) is 1. The van der Waals surface area contributed by atoms with E-state index in [4.69, 9.17) is 5.53 Å². The largest absolute Gasteiger partial charge is 0.312 e. The zero-order chi connectivity index (χ0) is 8.10. The van der Waals surface area contributed by atoms with E-state index in [1.165, 1.54) is 6.07 Å². The summed E-state index contributed by atoms with van der Waals surface area (Å²) in [6.07, 6.45) is 1.59. The Balaban J connectivity index is 3.07. The maximum atomic E-state index is 10.7. The molecule has 1 amide bonds. The van der Waals surface area contributed by atoms with E-state index in [0.717, 1.165) is 0 Å². The van der Waals surface area contributed by atoms with Crippen molar-refractivity contribution in [1.82, 2.24) is 15.4 Å². The van der Waals surface area contributed by atoms with Crippen LogP contribution in [0.5, 0.6) is 0 Å². The maximum absolute atomic E-state index is 10.7. The normalized spacial score (nSPS) is 8.73. The number of hydrogen-bond acceptors (Lipinski definition) is 2. The summed E-state index contributed by atoms with van der Waals surface area (Å²) in [7, 11) is 0. The number of carbonyl (C=O) groups excluding carboxylic acids is 1. The van der Waals surface area contributed by atoms with Crippen LogP contribution in [0.1, 0.15) is 10.5 Å². The average Bonchev–Trinajstić information content (AvgIpc) is 2.30. The van der Waals surface area contributed by atoms with E-state index in [0.29, 0.717) is 0 Å². The van der Waals surface area contributed by atoms with Gasteiger partial charge in [0, 0.05) is 6.20 Å². The van der Waals surface area contributed by atoms with Crippen molar-refractivity contribution in [1.29, 1.82) is 5.53 Å². The van der Waals surface area contributed by atoms with E-state index in [1.54, 1.807) is 12.3 Å². The third-order valence-electron chi connectivity index (χ3n) is 1.04. The first kappa shape index (κ1) is 7.26. The van der Waals surface area contributed by atoms with Crippen LogP contribution in [0.2, 0.25) is 0 Å². The highest BCUT2D eigenvalue weighted by atomic mass is 16.1. The van der Waals surface area contributed by atoms with Gasteiger partial charge in [-0.3, -0.25) is 15.0 Å². The van der Waals surface area contributed by atoms with Gasteiger partial charge in [0.05, 0.1) is 0 Å². The molecule has 1 heterocycles. The Morgan fingerprint density at radius 2 is 2.45 bits per heavy atom. The summed E-state index contributed by atoms with van der Waals surface area (Å²) in [4.78, 5) is 10.7. The first-order chi connectivity index (χ1) is 5.34. The van der Waals surface area contributed by atoms with Crippen molar-refractivity contribution in [2.75, 3.05) is 0 Å². The van der Waals surface area contributed by atoms with Gasteiger partial charge in [-0.25, -0.2) is 10.7 Å². The van der Waals surface area contributed by atoms with Gasteiger partial charge in [-0.05, 0) is 12.1 Å². The lowest BCUT2D eigenvalue weighted by Crippen LogP contribution is -1.95. The second-order valence-electron chi connectivity index (χ2n) is 1.75. The van der Waals surface area contributed by atoms with Crippen LogP contribution in [-0.2, 0) is 0 Å². The minimum Gasteiger partial charge on any atom is -0.294 e. The highest BCUT2D eigenvalue weighted by Gasteiger charge is 1.99. The molecule has 1 rings (SSSR count). The van der Waals surface area contributed by atoms with Gasteiger partial charge in [0.2, 0.25) is 0 Å². The highest BCUT2D eigenvalue weighted by molar-refractivity contribution is 5.91. The molecule has 6 nitrogen and oxygen atoms in total. The summed E-state index contributed by atoms with van der Waals surface area (Å²) in [5.41, 5.74) is 6.66. The molecule has 0 fully saturated rings. The molecule has 0 spiro atoms. The van der Waals surface area contributed by atoms with Gasteiger partial charge >= 0.3 is 5.91 Å². The first-order valence-corrected chi connectivity index (χ1v) is 2.90. The van der Waals surface area contributed by atoms with Crippen molar-refractivity contribution < 1.29 is 4.79 Å². The van der Waals surface area contributed by atoms with E-state index in [-0.39, 0.29) is 5.69 Å². The zero-order valence-corrected chi connectivity index (χ0v) is 5.59. The lowest BCUT2D eigenvalue weighted by Gasteiger charge is -1.85. The fourth-order valence-corrected chi connectivity index (χ4v) is 0.564. The number of aromatic nitrogens is 3. The molecule has 0 unspecified atom stereocenters. The summed E-state index contributed by atoms with van der Waals surface area (Å²) in [5.74, 6) is -0.620. The molecule has 0 radical (unpaired) electrons. The Kier molecular flexibility index (Phi) is 2.21. The van der Waals surface area contributed by atoms with Crippen molar-refractivity contribution in [2.45, 2.75) is 0 Å². The number of rotatable bonds is 1. The number of carbonyl (C=O) groups is 1. The fourth-order valence-electron chi connectivity index (χ4n) is 0.564. The standard InChI is InChI=1S/C5H7N5O/c6-8-5(11)4-2-1-3-7-10-9-4/h1-3,6-7,9-10H. The minimum atomic E-state index is -0.620. The van der Waals surface area contributed by atoms with Crippen LogP contribution in [0.25, 0.3) is 0 Å². The summed E-state index contributed by atoms with van der Waals surface area (Å²) in [5, 5.41) is 10.3. The van der Waals surface area contributed by atoms with Crippen LogP contribution in [-0.4, -0.2) is 21.3 Å². The van der Waals surface area contributed by atoms with Crippen molar-refractivity contribution in [3.8, 4) is 0 Å². The molecule has 58 valence electrons. The number of amides is 1. The minimum absolute atomic E-state index is 0.223. The number of H-pyrrole nitrogens is 3. The molecular weight excluding hydrogens is 146 g/mol. The van der Waals surface area contributed by atoms with E-state index >= 15 is 0 Å². The molecule has 0 aliphatic rings. The van der Waals surface area contributed by atoms with Gasteiger partial charge in [-0.2, -0.15) is 0 Å². The summed E-state index contributed by atoms with van der Waals surface area (Å²) >= 11 is 0. The smallest absolute Gasteiger partial charge is 0.294 e. The lowest BCUT2D eigenvalue weighted by molar-refractivity contribution is 0.0985. The van der Waals surface area contributed by atoms with Crippen LogP contribution < -0.4 is 0 Å². The zero-order valence-electron chi connectivity index (χ0n) is 5.59. The molecule has 6 heteroatoms. The Labute approximate surface area is 61.8 Å². The highest BCUT2D eigenvalue weighted by Crippen LogP contribution is 1.91. The van der Waals surface area contributed by atoms with Gasteiger partial charge < -0.3 is 0 Å². The van der Waals surface area contributed by atoms with Crippen LogP contribution in [0.15, 0.2) is 23.4 Å². The molecule has 0 saturated heterocycles. The predicted octanol–water partition coefficient (Wildman–Crippen LogP) is 0.966. The molecule has 0 aliphatic heterocycles. The lowest BCUT2D eigenvalue weighted by atomic mass is 10.4. The molecule has 4 N–H and O–H groups in total. The van der Waals surface area contributed by atoms with Gasteiger partial charge in [0.15, 0.2) is 0 Å². The number of hydrogen-bond donors (Lipinski definition) is 4. The molecular formula is C5H7N5O. The van der Waals surface area contributed by atoms with Gasteiger partial charge in [0.25, 0.3) is 0 Å². The maximum Gasteiger partial charge on any atom is 0.312 e. The monoisotopic (exact) mass is 153 g/mol. The average molecular weight is 153 g/mol. The third kappa shape index (κ3) is 1.78. The van der Waals surface area contributed by atoms with E-state index in [2.05, 4.69) is 20.5 Å². The predicted molar refractivity (Wildman–Crippen MR) is 36.6 cm³/mol. The van der Waals surface area contributed by atoms with Crippen LogP contribution in [0.3, 0.4) is 0 Å². The van der Waals surface area contributed by atoms with Crippen molar-refractivity contribution in [3.05, 3.63) is 24.0 Å². The van der Waals surface area contributed by atoms with Crippen LogP contribution in [0, 0.1) is 5.53 Å². The Morgan fingerprint density at radius 1 is 1.64 bits per heavy atom. The van der Waals surface area contributed by atoms with E-state index in [9.17, 15) is 4.79 Å². The number of nitrogens with one attached hydrogen (secondary N) is 4. The Morgan fingerprint density at radius 3 is 3.18 bits per heavy atom. The Hall–Kier alpha value is -1.85. The van der Waals surface area contributed by atoms with Crippen LogP contribution >= 0.6 is 0 Å². The summed E-state index contributed by atoms with van der Waals surface area (Å²) in [6, 6.07) is 3.12. The Bertz CT molecular complexity index is 273. The van der Waals surface area contributed by atoms with Gasteiger partial charge in [-0.1, -0.05) is 0 Å². The van der Waals surface area contributed by atoms with Crippen molar-refractivity contribution in [2.24, 2.45) is 5.11 Å². The SMILES string of the molecule is N=NC(=O)c1ccc[nH][nH][nH]1. The van der Waals surface area contributed by atoms with Crippen molar-refractivity contribution >= 4 is 5.91 Å². The summed E-state index contributed by atoms with van der Waals surface area (Å²) < 4.78 is 0. The van der Waals surface area contributed by atoms with Gasteiger partial charge in [-0.15, -0.1) is 5.11 Å². The van der Waals surface area contributed by atoms with E-state index in [1.807, 2.05) is 0 Å². The quantitative estimate of drug-likeness (QED) is 0.444. The van der Waals surface area contributed by atoms with Crippen LogP contribution in [0.4, 0.5) is 0 Å². The molecule has 0 aliphatic carbocycles. The molecule has 0 bridgehead atoms. The second-order valence-corrected chi connectivity index (χ2v) is 1.75. The topological polar surface area (TPSA) is 101 Å². The second kappa shape index (κ2) is 3.35. The molecule has 1 aromatic rings. The molecule has 0 saturated carbocycles. The fraction of sp³-hybridized carbons (Fsp3) is 0. The third-order valence-corrected chi connectivity index (χ3v) is 1.04. The van der Waals surface area contributed by atoms with Gasteiger partial charge in [0.1, 0.15) is 5.69 Å².